The number of hydrogen-bond acceptors (Lipinski definition) is 9. The van der Waals surface area contributed by atoms with Gasteiger partial charge in [-0.2, -0.15) is 0 Å². The van der Waals surface area contributed by atoms with Gasteiger partial charge in [0, 0.05) is 24.4 Å². The largest absolute Gasteiger partial charge is 0.465 e. The van der Waals surface area contributed by atoms with Crippen LogP contribution >= 0.6 is 11.3 Å². The van der Waals surface area contributed by atoms with Crippen molar-refractivity contribution in [3.8, 4) is 0 Å². The minimum atomic E-state index is -1.22. The number of amides is 3. The van der Waals surface area contributed by atoms with Crippen LogP contribution in [0.4, 0.5) is 4.79 Å². The van der Waals surface area contributed by atoms with Crippen LogP contribution in [-0.4, -0.2) is 64.8 Å². The summed E-state index contributed by atoms with van der Waals surface area (Å²) >= 11 is 1.33. The maximum atomic E-state index is 14.1. The van der Waals surface area contributed by atoms with Gasteiger partial charge in [0.2, 0.25) is 11.8 Å². The molecule has 0 saturated heterocycles. The van der Waals surface area contributed by atoms with Crippen molar-refractivity contribution in [1.82, 2.24) is 20.9 Å². The van der Waals surface area contributed by atoms with E-state index in [1.165, 1.54) is 11.3 Å². The van der Waals surface area contributed by atoms with Gasteiger partial charge >= 0.3 is 12.1 Å². The second-order valence-corrected chi connectivity index (χ2v) is 14.5. The molecule has 11 nitrogen and oxygen atoms in total. The number of ether oxygens (including phenoxy) is 2. The Labute approximate surface area is 309 Å². The topological polar surface area (TPSA) is 156 Å². The van der Waals surface area contributed by atoms with E-state index in [1.54, 1.807) is 11.6 Å². The molecule has 52 heavy (non-hydrogen) atoms. The van der Waals surface area contributed by atoms with Gasteiger partial charge in [-0.1, -0.05) is 107 Å². The van der Waals surface area contributed by atoms with E-state index in [0.29, 0.717) is 11.4 Å². The SMILES string of the molecule is CCC(C)COC(=O)CC(O)C(CC(C)C)NC(=O)[C@H](Cc1nccs1)NC(=O)[C@H](Cc1cccc2ccccc12)NC(=O)OCc1ccccc1. The number of benzene rings is 3. The first-order chi connectivity index (χ1) is 25.0. The van der Waals surface area contributed by atoms with Crippen molar-refractivity contribution >= 4 is 46.0 Å². The number of aliphatic hydroxyl groups is 1. The molecule has 0 bridgehead atoms. The number of carbonyl (C=O) groups excluding carboxylic acids is 4. The average molecular weight is 731 g/mol. The summed E-state index contributed by atoms with van der Waals surface area (Å²) in [6.45, 7) is 8.12. The minimum absolute atomic E-state index is 0.00902. The van der Waals surface area contributed by atoms with Gasteiger partial charge in [-0.05, 0) is 40.2 Å². The van der Waals surface area contributed by atoms with Crippen LogP contribution in [0.5, 0.6) is 0 Å². The quantitative estimate of drug-likeness (QED) is 0.0892. The molecular formula is C40H50N4O7S. The van der Waals surface area contributed by atoms with Gasteiger partial charge in [-0.25, -0.2) is 9.78 Å². The van der Waals surface area contributed by atoms with Crippen molar-refractivity contribution < 1.29 is 33.8 Å². The molecule has 1 heterocycles. The first kappa shape index (κ1) is 40.0. The third-order valence-electron chi connectivity index (χ3n) is 8.74. The van der Waals surface area contributed by atoms with Gasteiger partial charge in [-0.15, -0.1) is 11.3 Å². The molecule has 0 aliphatic heterocycles. The second-order valence-electron chi connectivity index (χ2n) is 13.5. The van der Waals surface area contributed by atoms with Crippen LogP contribution in [-0.2, 0) is 43.3 Å². The van der Waals surface area contributed by atoms with Crippen LogP contribution < -0.4 is 16.0 Å². The maximum Gasteiger partial charge on any atom is 0.408 e. The molecule has 0 spiro atoms. The van der Waals surface area contributed by atoms with Crippen molar-refractivity contribution in [1.29, 1.82) is 0 Å². The first-order valence-electron chi connectivity index (χ1n) is 17.8. The Morgan fingerprint density at radius 1 is 0.827 bits per heavy atom. The second kappa shape index (κ2) is 20.3. The molecule has 4 rings (SSSR count). The van der Waals surface area contributed by atoms with Crippen LogP contribution in [0, 0.1) is 11.8 Å². The number of carbonyl (C=O) groups is 4. The summed E-state index contributed by atoms with van der Waals surface area (Å²) < 4.78 is 10.8. The third kappa shape index (κ3) is 12.8. The summed E-state index contributed by atoms with van der Waals surface area (Å²) in [5.74, 6) is -1.45. The summed E-state index contributed by atoms with van der Waals surface area (Å²) in [5, 5.41) is 23.9. The van der Waals surface area contributed by atoms with Gasteiger partial charge in [0.15, 0.2) is 0 Å². The van der Waals surface area contributed by atoms with Gasteiger partial charge in [0.25, 0.3) is 0 Å². The molecule has 12 heteroatoms. The van der Waals surface area contributed by atoms with Crippen molar-refractivity contribution in [2.45, 2.75) is 90.6 Å². The van der Waals surface area contributed by atoms with Gasteiger partial charge in [0.1, 0.15) is 18.7 Å². The Hall–Kier alpha value is -4.81. The van der Waals surface area contributed by atoms with Gasteiger partial charge < -0.3 is 30.5 Å². The van der Waals surface area contributed by atoms with Crippen molar-refractivity contribution in [2.75, 3.05) is 6.61 Å². The first-order valence-corrected chi connectivity index (χ1v) is 18.7. The highest BCUT2D eigenvalue weighted by Gasteiger charge is 2.32. The number of aromatic nitrogens is 1. The lowest BCUT2D eigenvalue weighted by Gasteiger charge is -2.28. The van der Waals surface area contributed by atoms with Crippen molar-refractivity contribution in [3.05, 3.63) is 101 Å². The fourth-order valence-corrected chi connectivity index (χ4v) is 6.31. The lowest BCUT2D eigenvalue weighted by Crippen LogP contribution is -2.57. The van der Waals surface area contributed by atoms with Crippen LogP contribution in [0.3, 0.4) is 0 Å². The summed E-state index contributed by atoms with van der Waals surface area (Å²) in [7, 11) is 0. The monoisotopic (exact) mass is 730 g/mol. The predicted octanol–water partition coefficient (Wildman–Crippen LogP) is 5.73. The summed E-state index contributed by atoms with van der Waals surface area (Å²) in [6, 6.07) is 19.7. The summed E-state index contributed by atoms with van der Waals surface area (Å²) in [6.07, 6.45) is 0.726. The maximum absolute atomic E-state index is 14.1. The highest BCUT2D eigenvalue weighted by atomic mass is 32.1. The number of hydrogen-bond donors (Lipinski definition) is 4. The number of nitrogens with one attached hydrogen (secondary N) is 3. The number of nitrogens with zero attached hydrogens (tertiary/aromatic N) is 1. The van der Waals surface area contributed by atoms with E-state index in [-0.39, 0.29) is 44.3 Å². The number of thiazole rings is 1. The fraction of sp³-hybridized carbons (Fsp3) is 0.425. The minimum Gasteiger partial charge on any atom is -0.465 e. The molecule has 3 amide bonds. The molecule has 0 fully saturated rings. The lowest BCUT2D eigenvalue weighted by molar-refractivity contribution is -0.148. The van der Waals surface area contributed by atoms with Crippen molar-refractivity contribution in [3.63, 3.8) is 0 Å². The standard InChI is InChI=1S/C40H50N4O7S/c1-5-27(4)24-50-37(46)23-35(45)32(20-26(2)3)42-39(48)34(22-36-41-18-19-52-36)43-38(47)33(44-40(49)51-25-28-12-7-6-8-13-28)21-30-16-11-15-29-14-9-10-17-31(29)30/h6-19,26-27,32-35,45H,5,20-25H2,1-4H3,(H,42,48)(H,43,47)(H,44,49)/t27?,32?,33-,34-,35?/m0/s1. The zero-order valence-corrected chi connectivity index (χ0v) is 31.1. The Balaban J connectivity index is 1.54. The highest BCUT2D eigenvalue weighted by Crippen LogP contribution is 2.21. The van der Waals surface area contributed by atoms with Crippen LogP contribution in [0.15, 0.2) is 84.4 Å². The number of esters is 1. The molecule has 3 aromatic carbocycles. The zero-order chi connectivity index (χ0) is 37.5. The van der Waals surface area contributed by atoms with E-state index in [4.69, 9.17) is 9.47 Å². The van der Waals surface area contributed by atoms with Crippen LogP contribution in [0.25, 0.3) is 10.8 Å². The van der Waals surface area contributed by atoms with E-state index in [2.05, 4.69) is 20.9 Å². The Morgan fingerprint density at radius 2 is 1.52 bits per heavy atom. The molecule has 0 aliphatic rings. The van der Waals surface area contributed by atoms with E-state index >= 15 is 0 Å². The third-order valence-corrected chi connectivity index (χ3v) is 9.54. The molecule has 1 aromatic heterocycles. The molecule has 3 unspecified atom stereocenters. The number of aliphatic hydroxyl groups excluding tert-OH is 1. The van der Waals surface area contributed by atoms with Gasteiger partial charge in [0.05, 0.1) is 30.2 Å². The Kier molecular flexibility index (Phi) is 15.6. The normalized spacial score (nSPS) is 14.1. The smallest absolute Gasteiger partial charge is 0.408 e. The number of fused-ring (bicyclic) bond motifs is 1. The predicted molar refractivity (Wildman–Crippen MR) is 201 cm³/mol. The summed E-state index contributed by atoms with van der Waals surface area (Å²) in [5.41, 5.74) is 1.61. The molecule has 0 saturated carbocycles. The molecule has 4 N–H and O–H groups in total. The molecule has 278 valence electrons. The Bertz CT molecular complexity index is 1730. The van der Waals surface area contributed by atoms with E-state index < -0.39 is 48.1 Å². The average Bonchev–Trinajstić information content (AvgIpc) is 3.65. The number of rotatable bonds is 19. The molecule has 5 atom stereocenters. The van der Waals surface area contributed by atoms with Crippen LogP contribution in [0.2, 0.25) is 0 Å². The van der Waals surface area contributed by atoms with E-state index in [0.717, 1.165) is 28.3 Å². The number of alkyl carbamates (subject to hydrolysis) is 1. The fourth-order valence-electron chi connectivity index (χ4n) is 5.65. The van der Waals surface area contributed by atoms with Gasteiger partial charge in [-0.3, -0.25) is 14.4 Å². The molecule has 4 aromatic rings. The molecular weight excluding hydrogens is 681 g/mol. The molecule has 0 radical (unpaired) electrons. The lowest BCUT2D eigenvalue weighted by atomic mass is 9.96. The Morgan fingerprint density at radius 3 is 2.23 bits per heavy atom. The molecule has 0 aliphatic carbocycles. The van der Waals surface area contributed by atoms with Crippen molar-refractivity contribution in [2.24, 2.45) is 11.8 Å². The highest BCUT2D eigenvalue weighted by molar-refractivity contribution is 7.09. The van der Waals surface area contributed by atoms with E-state index in [9.17, 15) is 24.3 Å². The summed E-state index contributed by atoms with van der Waals surface area (Å²) in [4.78, 5) is 58.1. The van der Waals surface area contributed by atoms with E-state index in [1.807, 2.05) is 100 Å². The zero-order valence-electron chi connectivity index (χ0n) is 30.2. The van der Waals surface area contributed by atoms with Crippen LogP contribution in [0.1, 0.15) is 63.1 Å².